The number of nitrogens with one attached hydrogen (secondary N) is 2. The van der Waals surface area contributed by atoms with Gasteiger partial charge in [-0.05, 0) is 43.2 Å². The van der Waals surface area contributed by atoms with Crippen LogP contribution in [0.15, 0.2) is 67.0 Å². The summed E-state index contributed by atoms with van der Waals surface area (Å²) in [7, 11) is 3.55. The van der Waals surface area contributed by atoms with Gasteiger partial charge in [-0.25, -0.2) is 4.98 Å². The maximum Gasteiger partial charge on any atom is 0.270 e. The van der Waals surface area contributed by atoms with Gasteiger partial charge >= 0.3 is 0 Å². The van der Waals surface area contributed by atoms with Crippen molar-refractivity contribution in [2.45, 2.75) is 56.5 Å². The Morgan fingerprint density at radius 2 is 1.78 bits per heavy atom. The molecule has 0 spiro atoms. The lowest BCUT2D eigenvalue weighted by Crippen LogP contribution is -2.61. The molecule has 1 aliphatic carbocycles. The maximum absolute atomic E-state index is 13.7. The number of benzene rings is 1. The van der Waals surface area contributed by atoms with Gasteiger partial charge in [0, 0.05) is 64.4 Å². The number of anilines is 1. The molecule has 3 fully saturated rings. The van der Waals surface area contributed by atoms with Crippen molar-refractivity contribution < 1.29 is 14.3 Å². The first kappa shape index (κ1) is 30.4. The van der Waals surface area contributed by atoms with Gasteiger partial charge in [0.2, 0.25) is 11.9 Å². The van der Waals surface area contributed by atoms with Gasteiger partial charge in [-0.15, -0.1) is 0 Å². The zero-order valence-electron chi connectivity index (χ0n) is 26.7. The molecule has 2 saturated heterocycles. The number of amides is 2. The van der Waals surface area contributed by atoms with E-state index in [4.69, 9.17) is 9.72 Å². The topological polar surface area (TPSA) is 108 Å². The Hall–Kier alpha value is -4.22. The molecular formula is C35H44N8O3. The van der Waals surface area contributed by atoms with Crippen LogP contribution in [0.4, 0.5) is 5.95 Å². The fourth-order valence-electron chi connectivity index (χ4n) is 7.29. The summed E-state index contributed by atoms with van der Waals surface area (Å²) in [4.78, 5) is 42.2. The van der Waals surface area contributed by atoms with Gasteiger partial charge in [-0.3, -0.25) is 14.5 Å². The monoisotopic (exact) mass is 624 g/mol. The third kappa shape index (κ3) is 6.52. The number of ether oxygens (including phenoxy) is 1. The van der Waals surface area contributed by atoms with Crippen LogP contribution < -0.4 is 10.6 Å². The quantitative estimate of drug-likeness (QED) is 0.368. The van der Waals surface area contributed by atoms with Crippen molar-refractivity contribution in [3.63, 3.8) is 0 Å². The predicted octanol–water partition coefficient (Wildman–Crippen LogP) is 3.43. The van der Waals surface area contributed by atoms with Gasteiger partial charge in [0.05, 0.1) is 18.1 Å². The summed E-state index contributed by atoms with van der Waals surface area (Å²) in [6, 6.07) is 12.7. The molecule has 1 saturated carbocycles. The second-order valence-electron chi connectivity index (χ2n) is 13.2. The van der Waals surface area contributed by atoms with Crippen LogP contribution in [-0.2, 0) is 16.0 Å². The molecule has 3 aliphatic heterocycles. The average Bonchev–Trinajstić information content (AvgIpc) is 3.66. The number of nitrogens with zero attached hydrogens (tertiary/aromatic N) is 6. The maximum atomic E-state index is 13.7. The molecule has 2 amide bonds. The lowest BCUT2D eigenvalue weighted by atomic mass is 10.0. The Kier molecular flexibility index (Phi) is 8.77. The highest BCUT2D eigenvalue weighted by Gasteiger charge is 2.37. The lowest BCUT2D eigenvalue weighted by Gasteiger charge is -2.46. The van der Waals surface area contributed by atoms with Crippen LogP contribution in [0.3, 0.4) is 0 Å². The van der Waals surface area contributed by atoms with Crippen LogP contribution in [0.1, 0.15) is 47.8 Å². The molecule has 11 nitrogen and oxygen atoms in total. The van der Waals surface area contributed by atoms with Gasteiger partial charge in [-0.1, -0.05) is 55.3 Å². The molecule has 2 aromatic heterocycles. The van der Waals surface area contributed by atoms with E-state index < -0.39 is 0 Å². The van der Waals surface area contributed by atoms with Crippen molar-refractivity contribution >= 4 is 28.8 Å². The SMILES string of the molecule is CN(C)C(=O)c1cc2cnc(NC3C=CC(C(=O)N4CC5CN(CCc6ccccc6)CC(C4)O5)C=CN3)nc2n1C1CCCC1. The summed E-state index contributed by atoms with van der Waals surface area (Å²) in [5.74, 6) is 0.163. The van der Waals surface area contributed by atoms with E-state index in [-0.39, 0.29) is 42.1 Å². The zero-order chi connectivity index (χ0) is 31.6. The third-order valence-electron chi connectivity index (χ3n) is 9.58. The van der Waals surface area contributed by atoms with Crippen molar-refractivity contribution in [3.8, 4) is 0 Å². The van der Waals surface area contributed by atoms with Gasteiger partial charge in [0.15, 0.2) is 0 Å². The first-order valence-electron chi connectivity index (χ1n) is 16.6. The standard InChI is InChI=1S/C35H44N8O3/c1-40(2)34(45)30-18-26-19-37-35(39-32(26)43(30)27-10-6-7-11-27)38-31-13-12-25(14-16-36-31)33(44)42-22-28-20-41(21-29(23-42)46-28)17-15-24-8-4-3-5-9-24/h3-5,8-9,12-14,16,18-19,25,27-29,31,36H,6-7,10-11,15,17,20-23H2,1-2H3,(H,37,38,39). The Bertz CT molecular complexity index is 1600. The molecule has 2 bridgehead atoms. The van der Waals surface area contributed by atoms with Crippen molar-refractivity contribution in [1.29, 1.82) is 0 Å². The van der Waals surface area contributed by atoms with Crippen molar-refractivity contribution in [1.82, 2.24) is 34.6 Å². The van der Waals surface area contributed by atoms with E-state index in [0.717, 1.165) is 62.8 Å². The van der Waals surface area contributed by atoms with Gasteiger partial charge in [0.1, 0.15) is 17.5 Å². The highest BCUT2D eigenvalue weighted by Crippen LogP contribution is 2.35. The van der Waals surface area contributed by atoms with Gasteiger partial charge in [-0.2, -0.15) is 4.98 Å². The molecule has 11 heteroatoms. The number of fused-ring (bicyclic) bond motifs is 3. The lowest BCUT2D eigenvalue weighted by molar-refractivity contribution is -0.161. The van der Waals surface area contributed by atoms with E-state index >= 15 is 0 Å². The highest BCUT2D eigenvalue weighted by molar-refractivity contribution is 5.97. The van der Waals surface area contributed by atoms with E-state index in [0.29, 0.717) is 24.7 Å². The van der Waals surface area contributed by atoms with Gasteiger partial charge in [0.25, 0.3) is 5.91 Å². The summed E-state index contributed by atoms with van der Waals surface area (Å²) < 4.78 is 8.36. The zero-order valence-corrected chi connectivity index (χ0v) is 26.7. The molecule has 4 atom stereocenters. The molecule has 1 aromatic carbocycles. The Labute approximate surface area is 270 Å². The average molecular weight is 625 g/mol. The van der Waals surface area contributed by atoms with Crippen LogP contribution in [0.2, 0.25) is 0 Å². The largest absolute Gasteiger partial charge is 0.369 e. The van der Waals surface area contributed by atoms with Crippen LogP contribution in [0.5, 0.6) is 0 Å². The number of morpholine rings is 2. The number of rotatable bonds is 8. The molecule has 46 heavy (non-hydrogen) atoms. The molecule has 5 heterocycles. The summed E-state index contributed by atoms with van der Waals surface area (Å²) in [6.45, 7) is 3.90. The second kappa shape index (κ2) is 13.3. The molecule has 4 aliphatic rings. The van der Waals surface area contributed by atoms with E-state index in [1.165, 1.54) is 5.56 Å². The third-order valence-corrected chi connectivity index (χ3v) is 9.58. The van der Waals surface area contributed by atoms with Gasteiger partial charge < -0.3 is 29.7 Å². The first-order chi connectivity index (χ1) is 22.4. The number of carbonyl (C=O) groups is 2. The molecule has 242 valence electrons. The van der Waals surface area contributed by atoms with Crippen LogP contribution in [0.25, 0.3) is 11.0 Å². The molecule has 7 rings (SSSR count). The normalized spacial score (nSPS) is 25.0. The molecule has 3 aromatic rings. The number of carbonyl (C=O) groups excluding carboxylic acids is 2. The van der Waals surface area contributed by atoms with E-state index in [1.54, 1.807) is 25.2 Å². The van der Waals surface area contributed by atoms with Crippen molar-refractivity contribution in [2.24, 2.45) is 5.92 Å². The molecule has 4 unspecified atom stereocenters. The van der Waals surface area contributed by atoms with E-state index in [2.05, 4.69) is 55.4 Å². The Balaban J connectivity index is 0.988. The number of hydrogen-bond acceptors (Lipinski definition) is 8. The highest BCUT2D eigenvalue weighted by atomic mass is 16.5. The van der Waals surface area contributed by atoms with Crippen LogP contribution in [0, 0.1) is 5.92 Å². The van der Waals surface area contributed by atoms with Crippen molar-refractivity contribution in [2.75, 3.05) is 52.1 Å². The smallest absolute Gasteiger partial charge is 0.270 e. The molecule has 2 N–H and O–H groups in total. The minimum absolute atomic E-state index is 0.0297. The molecular weight excluding hydrogens is 580 g/mol. The second-order valence-corrected chi connectivity index (χ2v) is 13.2. The Morgan fingerprint density at radius 1 is 1.02 bits per heavy atom. The summed E-state index contributed by atoms with van der Waals surface area (Å²) >= 11 is 0. The van der Waals surface area contributed by atoms with E-state index in [1.807, 2.05) is 35.4 Å². The van der Waals surface area contributed by atoms with Crippen LogP contribution >= 0.6 is 0 Å². The van der Waals surface area contributed by atoms with Crippen LogP contribution in [-0.4, -0.2) is 106 Å². The fourth-order valence-corrected chi connectivity index (χ4v) is 7.29. The summed E-state index contributed by atoms with van der Waals surface area (Å²) in [5, 5.41) is 7.53. The number of aromatic nitrogens is 3. The summed E-state index contributed by atoms with van der Waals surface area (Å²) in [6.07, 6.45) is 14.6. The molecule has 0 radical (unpaired) electrons. The Morgan fingerprint density at radius 3 is 2.52 bits per heavy atom. The van der Waals surface area contributed by atoms with Crippen molar-refractivity contribution in [3.05, 3.63) is 78.3 Å². The fraction of sp³-hybridized carbons (Fsp3) is 0.486. The summed E-state index contributed by atoms with van der Waals surface area (Å²) in [5.41, 5.74) is 2.77. The van der Waals surface area contributed by atoms with E-state index in [9.17, 15) is 9.59 Å². The first-order valence-corrected chi connectivity index (χ1v) is 16.6. The minimum atomic E-state index is -0.366. The number of hydrogen-bond donors (Lipinski definition) is 2. The minimum Gasteiger partial charge on any atom is -0.369 e. The predicted molar refractivity (Wildman–Crippen MR) is 177 cm³/mol.